The zero-order valence-corrected chi connectivity index (χ0v) is 12.6. The third kappa shape index (κ3) is 2.22. The van der Waals surface area contributed by atoms with Crippen molar-refractivity contribution >= 4 is 40.6 Å². The summed E-state index contributed by atoms with van der Waals surface area (Å²) in [5, 5.41) is 4.72. The van der Waals surface area contributed by atoms with Crippen LogP contribution >= 0.6 is 23.2 Å². The fourth-order valence-electron chi connectivity index (χ4n) is 2.35. The zero-order valence-electron chi connectivity index (χ0n) is 11.1. The molecule has 3 rings (SSSR count). The largest absolute Gasteiger partial charge is 0.299 e. The van der Waals surface area contributed by atoms with Crippen molar-refractivity contribution in [3.8, 4) is 0 Å². The number of amides is 1. The topological polar surface area (TPSA) is 55.2 Å². The van der Waals surface area contributed by atoms with Crippen LogP contribution in [0.5, 0.6) is 0 Å². The van der Waals surface area contributed by atoms with E-state index in [0.717, 1.165) is 12.1 Å². The second-order valence-electron chi connectivity index (χ2n) is 4.68. The van der Waals surface area contributed by atoms with E-state index in [1.165, 1.54) is 11.0 Å². The van der Waals surface area contributed by atoms with E-state index in [1.54, 1.807) is 16.9 Å². The molecule has 0 N–H and O–H groups in total. The van der Waals surface area contributed by atoms with E-state index in [0.29, 0.717) is 10.7 Å². The number of hydrogen-bond acceptors (Lipinski definition) is 3. The Morgan fingerprint density at radius 2 is 1.90 bits per heavy atom. The summed E-state index contributed by atoms with van der Waals surface area (Å²) >= 11 is 12.2. The Kier molecular flexibility index (Phi) is 3.47. The number of benzene rings is 1. The van der Waals surface area contributed by atoms with Crippen LogP contribution in [0.25, 0.3) is 0 Å². The maximum absolute atomic E-state index is 12.2. The fourth-order valence-corrected chi connectivity index (χ4v) is 2.84. The third-order valence-corrected chi connectivity index (χ3v) is 3.99. The minimum absolute atomic E-state index is 0.178. The van der Waals surface area contributed by atoms with Gasteiger partial charge in [-0.25, -0.2) is 0 Å². The molecule has 5 nitrogen and oxygen atoms in total. The lowest BCUT2D eigenvalue weighted by molar-refractivity contribution is -0.114. The average molecular weight is 324 g/mol. The fraction of sp³-hybridized carbons (Fsp3) is 0.214. The van der Waals surface area contributed by atoms with Crippen molar-refractivity contribution in [3.05, 3.63) is 45.7 Å². The molecule has 1 amide bonds. The summed E-state index contributed by atoms with van der Waals surface area (Å²) in [6.45, 7) is 2.93. The van der Waals surface area contributed by atoms with Gasteiger partial charge in [0.2, 0.25) is 0 Å². The van der Waals surface area contributed by atoms with E-state index in [1.807, 2.05) is 13.1 Å². The molecule has 0 atom stereocenters. The number of aryl methyl sites for hydroxylation is 1. The van der Waals surface area contributed by atoms with Gasteiger partial charge in [-0.2, -0.15) is 5.10 Å². The van der Waals surface area contributed by atoms with Gasteiger partial charge in [0.05, 0.1) is 34.0 Å². The molecule has 0 spiro atoms. The molecule has 2 heterocycles. The van der Waals surface area contributed by atoms with Gasteiger partial charge in [-0.1, -0.05) is 23.2 Å². The van der Waals surface area contributed by atoms with Gasteiger partial charge in [0, 0.05) is 18.3 Å². The van der Waals surface area contributed by atoms with E-state index >= 15 is 0 Å². The van der Waals surface area contributed by atoms with Crippen molar-refractivity contribution in [1.82, 2.24) is 9.78 Å². The number of fused-ring (bicyclic) bond motifs is 1. The minimum atomic E-state index is -0.625. The molecule has 1 aromatic carbocycles. The molecule has 21 heavy (non-hydrogen) atoms. The van der Waals surface area contributed by atoms with Crippen LogP contribution < -0.4 is 4.90 Å². The molecular weight excluding hydrogens is 313 g/mol. The van der Waals surface area contributed by atoms with Crippen LogP contribution in [0.3, 0.4) is 0 Å². The van der Waals surface area contributed by atoms with E-state index in [-0.39, 0.29) is 17.1 Å². The van der Waals surface area contributed by atoms with E-state index in [9.17, 15) is 9.59 Å². The number of nitrogens with zero attached hydrogens (tertiary/aromatic N) is 3. The molecule has 108 valence electrons. The van der Waals surface area contributed by atoms with Crippen LogP contribution in [-0.4, -0.2) is 21.5 Å². The quantitative estimate of drug-likeness (QED) is 0.816. The van der Waals surface area contributed by atoms with Crippen LogP contribution in [0, 0.1) is 0 Å². The number of halogens is 2. The van der Waals surface area contributed by atoms with Gasteiger partial charge < -0.3 is 0 Å². The van der Waals surface area contributed by atoms with Gasteiger partial charge in [0.1, 0.15) is 0 Å². The Morgan fingerprint density at radius 3 is 2.57 bits per heavy atom. The smallest absolute Gasteiger partial charge is 0.299 e. The lowest BCUT2D eigenvalue weighted by atomic mass is 10.1. The van der Waals surface area contributed by atoms with Crippen LogP contribution in [0.15, 0.2) is 24.5 Å². The van der Waals surface area contributed by atoms with Crippen molar-refractivity contribution in [2.24, 2.45) is 0 Å². The Balaban J connectivity index is 2.03. The number of carbonyl (C=O) groups is 2. The lowest BCUT2D eigenvalue weighted by Crippen LogP contribution is -2.29. The highest BCUT2D eigenvalue weighted by atomic mass is 35.5. The highest BCUT2D eigenvalue weighted by Gasteiger charge is 2.39. The van der Waals surface area contributed by atoms with Crippen LogP contribution in [-0.2, 0) is 17.9 Å². The predicted molar refractivity (Wildman–Crippen MR) is 79.9 cm³/mol. The predicted octanol–water partition coefficient (Wildman–Crippen LogP) is 2.94. The van der Waals surface area contributed by atoms with Crippen LogP contribution in [0.2, 0.25) is 10.0 Å². The summed E-state index contributed by atoms with van der Waals surface area (Å²) in [6.07, 6.45) is 3.49. The van der Waals surface area contributed by atoms with Gasteiger partial charge >= 0.3 is 0 Å². The zero-order chi connectivity index (χ0) is 15.1. The molecule has 1 aliphatic rings. The molecule has 1 aliphatic heterocycles. The van der Waals surface area contributed by atoms with Gasteiger partial charge in [-0.3, -0.25) is 19.2 Å². The molecule has 0 aliphatic carbocycles. The number of ketones is 1. The summed E-state index contributed by atoms with van der Waals surface area (Å²) in [4.78, 5) is 25.6. The monoisotopic (exact) mass is 323 g/mol. The molecule has 0 radical (unpaired) electrons. The number of carbonyl (C=O) groups excluding carboxylic acids is 2. The molecule has 0 saturated heterocycles. The van der Waals surface area contributed by atoms with Gasteiger partial charge in [-0.05, 0) is 19.1 Å². The molecule has 0 bridgehead atoms. The Labute approximate surface area is 131 Å². The maximum Gasteiger partial charge on any atom is 0.299 e. The summed E-state index contributed by atoms with van der Waals surface area (Å²) in [6, 6.07) is 3.10. The first kappa shape index (κ1) is 14.1. The molecule has 0 unspecified atom stereocenters. The summed E-state index contributed by atoms with van der Waals surface area (Å²) < 4.78 is 1.75. The second-order valence-corrected chi connectivity index (χ2v) is 5.49. The highest BCUT2D eigenvalue weighted by Crippen LogP contribution is 2.40. The normalized spacial score (nSPS) is 14.0. The third-order valence-electron chi connectivity index (χ3n) is 3.37. The van der Waals surface area contributed by atoms with Crippen molar-refractivity contribution in [2.75, 3.05) is 4.90 Å². The number of Topliss-reactive ketones (excluding diaryl/α,β-unsaturated/α-hetero) is 1. The number of anilines is 1. The summed E-state index contributed by atoms with van der Waals surface area (Å²) in [7, 11) is 0. The van der Waals surface area contributed by atoms with E-state index in [4.69, 9.17) is 23.2 Å². The second kappa shape index (κ2) is 5.16. The molecular formula is C14H11Cl2N3O2. The summed E-state index contributed by atoms with van der Waals surface area (Å²) in [5.41, 5.74) is 1.38. The maximum atomic E-state index is 12.2. The van der Waals surface area contributed by atoms with Crippen molar-refractivity contribution in [1.29, 1.82) is 0 Å². The number of aromatic nitrogens is 2. The van der Waals surface area contributed by atoms with Gasteiger partial charge in [-0.15, -0.1) is 0 Å². The lowest BCUT2D eigenvalue weighted by Gasteiger charge is -2.16. The summed E-state index contributed by atoms with van der Waals surface area (Å²) in [5.74, 6) is -1.25. The van der Waals surface area contributed by atoms with Crippen molar-refractivity contribution in [3.63, 3.8) is 0 Å². The van der Waals surface area contributed by atoms with Gasteiger partial charge in [0.15, 0.2) is 0 Å². The molecule has 2 aromatic rings. The first-order valence-corrected chi connectivity index (χ1v) is 7.14. The molecule has 0 saturated carbocycles. The SMILES string of the molecule is CCn1cc(CN2C(=O)C(=O)c3c(Cl)ccc(Cl)c32)cn1. The Morgan fingerprint density at radius 1 is 1.19 bits per heavy atom. The van der Waals surface area contributed by atoms with Crippen molar-refractivity contribution in [2.45, 2.75) is 20.0 Å². The highest BCUT2D eigenvalue weighted by molar-refractivity contribution is 6.56. The van der Waals surface area contributed by atoms with Crippen LogP contribution in [0.4, 0.5) is 5.69 Å². The van der Waals surface area contributed by atoms with Crippen LogP contribution in [0.1, 0.15) is 22.8 Å². The number of hydrogen-bond donors (Lipinski definition) is 0. The Bertz CT molecular complexity index is 755. The molecule has 0 fully saturated rings. The molecule has 7 heteroatoms. The first-order chi connectivity index (χ1) is 10.0. The van der Waals surface area contributed by atoms with Crippen molar-refractivity contribution < 1.29 is 9.59 Å². The number of rotatable bonds is 3. The van der Waals surface area contributed by atoms with Gasteiger partial charge in [0.25, 0.3) is 11.7 Å². The Hall–Kier alpha value is -1.85. The van der Waals surface area contributed by atoms with E-state index in [2.05, 4.69) is 5.10 Å². The van der Waals surface area contributed by atoms with E-state index < -0.39 is 11.7 Å². The average Bonchev–Trinajstić information content (AvgIpc) is 3.02. The molecule has 1 aromatic heterocycles. The first-order valence-electron chi connectivity index (χ1n) is 6.38. The minimum Gasteiger partial charge on any atom is -0.299 e. The standard InChI is InChI=1S/C14H11Cl2N3O2/c1-2-18-6-8(5-17-18)7-19-12-10(16)4-3-9(15)11(12)13(20)14(19)21/h3-6H,2,7H2,1H3.